The molecule has 39 heavy (non-hydrogen) atoms. The lowest BCUT2D eigenvalue weighted by Gasteiger charge is -2.10. The van der Waals surface area contributed by atoms with Crippen molar-refractivity contribution in [2.24, 2.45) is 0 Å². The number of aromatic nitrogens is 1. The van der Waals surface area contributed by atoms with Crippen molar-refractivity contribution in [2.45, 2.75) is 26.7 Å². The second-order valence-electron chi connectivity index (χ2n) is 9.35. The zero-order valence-electron chi connectivity index (χ0n) is 23.2. The van der Waals surface area contributed by atoms with Gasteiger partial charge in [-0.1, -0.05) is 55.8 Å². The highest BCUT2D eigenvalue weighted by molar-refractivity contribution is 5.71. The van der Waals surface area contributed by atoms with Crippen molar-refractivity contribution in [3.8, 4) is 33.8 Å². The molecule has 1 aromatic heterocycles. The van der Waals surface area contributed by atoms with Gasteiger partial charge in [0.1, 0.15) is 18.1 Å². The second-order valence-corrected chi connectivity index (χ2v) is 9.35. The number of methoxy groups -OCH3 is 1. The van der Waals surface area contributed by atoms with Gasteiger partial charge in [-0.3, -0.25) is 4.98 Å². The first-order chi connectivity index (χ1) is 19.2. The average Bonchev–Trinajstić information content (AvgIpc) is 2.98. The fourth-order valence-electron chi connectivity index (χ4n) is 4.25. The van der Waals surface area contributed by atoms with Crippen LogP contribution in [-0.4, -0.2) is 38.5 Å². The van der Waals surface area contributed by atoms with Gasteiger partial charge in [0.25, 0.3) is 0 Å². The van der Waals surface area contributed by atoms with E-state index in [1.807, 2.05) is 36.7 Å². The number of hydrogen-bond acceptors (Lipinski definition) is 5. The molecule has 0 atom stereocenters. The Morgan fingerprint density at radius 2 is 1.62 bits per heavy atom. The summed E-state index contributed by atoms with van der Waals surface area (Å²) in [7, 11) is 1.70. The normalized spacial score (nSPS) is 11.1. The Balaban J connectivity index is 1.33. The van der Waals surface area contributed by atoms with Gasteiger partial charge < -0.3 is 19.5 Å². The summed E-state index contributed by atoms with van der Waals surface area (Å²) in [4.78, 5) is 4.25. The Morgan fingerprint density at radius 1 is 0.846 bits per heavy atom. The molecule has 0 spiro atoms. The Kier molecular flexibility index (Phi) is 10.6. The van der Waals surface area contributed by atoms with E-state index in [1.54, 1.807) is 7.11 Å². The molecule has 1 N–H and O–H groups in total. The van der Waals surface area contributed by atoms with Crippen molar-refractivity contribution in [3.05, 3.63) is 102 Å². The number of anilines is 1. The van der Waals surface area contributed by atoms with Crippen LogP contribution in [0, 0.1) is 6.92 Å². The van der Waals surface area contributed by atoms with Gasteiger partial charge in [0, 0.05) is 42.4 Å². The highest BCUT2D eigenvalue weighted by atomic mass is 16.5. The molecule has 0 saturated heterocycles. The Labute approximate surface area is 232 Å². The summed E-state index contributed by atoms with van der Waals surface area (Å²) >= 11 is 0. The van der Waals surface area contributed by atoms with Crippen LogP contribution >= 0.6 is 0 Å². The monoisotopic (exact) mass is 522 g/mol. The van der Waals surface area contributed by atoms with E-state index >= 15 is 0 Å². The number of hydrogen-bond donors (Lipinski definition) is 1. The molecule has 0 fully saturated rings. The molecule has 0 saturated carbocycles. The molecule has 0 bridgehead atoms. The van der Waals surface area contributed by atoms with Gasteiger partial charge in [-0.15, -0.1) is 0 Å². The SMILES string of the molecule is CCCCOCCOc1ccc(-c2ccc(OC)c(/C=C/CNc3ccc(-c4cnccc4C)cc3)c2)cc1. The summed E-state index contributed by atoms with van der Waals surface area (Å²) in [6, 6.07) is 24.9. The summed E-state index contributed by atoms with van der Waals surface area (Å²) in [6.45, 7) is 6.93. The number of rotatable bonds is 14. The number of nitrogens with one attached hydrogen (secondary N) is 1. The maximum Gasteiger partial charge on any atom is 0.126 e. The molecule has 0 aliphatic rings. The number of aryl methyl sites for hydroxylation is 1. The van der Waals surface area contributed by atoms with E-state index in [1.165, 1.54) is 11.1 Å². The van der Waals surface area contributed by atoms with E-state index in [9.17, 15) is 0 Å². The molecule has 1 heterocycles. The van der Waals surface area contributed by atoms with E-state index < -0.39 is 0 Å². The molecule has 202 valence electrons. The first kappa shape index (κ1) is 27.9. The van der Waals surface area contributed by atoms with E-state index in [4.69, 9.17) is 14.2 Å². The van der Waals surface area contributed by atoms with Crippen LogP contribution in [-0.2, 0) is 4.74 Å². The van der Waals surface area contributed by atoms with Gasteiger partial charge in [-0.25, -0.2) is 0 Å². The Hall–Kier alpha value is -4.09. The van der Waals surface area contributed by atoms with Crippen LogP contribution < -0.4 is 14.8 Å². The van der Waals surface area contributed by atoms with Crippen LogP contribution in [0.5, 0.6) is 11.5 Å². The Morgan fingerprint density at radius 3 is 2.36 bits per heavy atom. The zero-order valence-corrected chi connectivity index (χ0v) is 23.2. The van der Waals surface area contributed by atoms with Gasteiger partial charge in [0.05, 0.1) is 13.7 Å². The second kappa shape index (κ2) is 14.7. The van der Waals surface area contributed by atoms with E-state index in [0.717, 1.165) is 58.9 Å². The van der Waals surface area contributed by atoms with Gasteiger partial charge in [-0.05, 0) is 78.1 Å². The molecule has 0 unspecified atom stereocenters. The number of ether oxygens (including phenoxy) is 3. The smallest absolute Gasteiger partial charge is 0.126 e. The van der Waals surface area contributed by atoms with Crippen LogP contribution in [0.4, 0.5) is 5.69 Å². The third kappa shape index (κ3) is 8.20. The minimum absolute atomic E-state index is 0.558. The van der Waals surface area contributed by atoms with Crippen molar-refractivity contribution < 1.29 is 14.2 Å². The molecule has 4 rings (SSSR count). The first-order valence-electron chi connectivity index (χ1n) is 13.6. The number of benzene rings is 3. The fourth-order valence-corrected chi connectivity index (χ4v) is 4.25. The molecule has 4 aromatic rings. The molecular weight excluding hydrogens is 484 g/mol. The summed E-state index contributed by atoms with van der Waals surface area (Å²) in [6.07, 6.45) is 10.2. The zero-order chi connectivity index (χ0) is 27.3. The van der Waals surface area contributed by atoms with E-state index in [0.29, 0.717) is 19.8 Å². The molecule has 0 aliphatic heterocycles. The topological polar surface area (TPSA) is 52.6 Å². The van der Waals surface area contributed by atoms with Crippen molar-refractivity contribution in [1.29, 1.82) is 0 Å². The third-order valence-electron chi connectivity index (χ3n) is 6.51. The van der Waals surface area contributed by atoms with Crippen LogP contribution in [0.15, 0.2) is 91.3 Å². The lowest BCUT2D eigenvalue weighted by molar-refractivity contribution is 0.0981. The lowest BCUT2D eigenvalue weighted by atomic mass is 10.0. The summed E-state index contributed by atoms with van der Waals surface area (Å²) in [5, 5.41) is 3.46. The first-order valence-corrected chi connectivity index (χ1v) is 13.6. The highest BCUT2D eigenvalue weighted by Crippen LogP contribution is 2.29. The highest BCUT2D eigenvalue weighted by Gasteiger charge is 2.05. The van der Waals surface area contributed by atoms with Gasteiger partial charge in [0.2, 0.25) is 0 Å². The predicted molar refractivity (Wildman–Crippen MR) is 162 cm³/mol. The van der Waals surface area contributed by atoms with Crippen molar-refractivity contribution in [1.82, 2.24) is 4.98 Å². The van der Waals surface area contributed by atoms with Gasteiger partial charge >= 0.3 is 0 Å². The quantitative estimate of drug-likeness (QED) is 0.170. The summed E-state index contributed by atoms with van der Waals surface area (Å²) in [5.74, 6) is 1.69. The fraction of sp³-hybridized carbons (Fsp3) is 0.265. The lowest BCUT2D eigenvalue weighted by Crippen LogP contribution is -2.07. The number of pyridine rings is 1. The van der Waals surface area contributed by atoms with E-state index in [2.05, 4.69) is 84.8 Å². The molecule has 0 aliphatic carbocycles. The minimum Gasteiger partial charge on any atom is -0.496 e. The Bertz CT molecular complexity index is 1330. The van der Waals surface area contributed by atoms with Crippen LogP contribution in [0.1, 0.15) is 30.9 Å². The van der Waals surface area contributed by atoms with Crippen molar-refractivity contribution >= 4 is 11.8 Å². The maximum absolute atomic E-state index is 5.81. The molecule has 5 nitrogen and oxygen atoms in total. The van der Waals surface area contributed by atoms with Crippen LogP contribution in [0.3, 0.4) is 0 Å². The number of nitrogens with zero attached hydrogens (tertiary/aromatic N) is 1. The minimum atomic E-state index is 0.558. The van der Waals surface area contributed by atoms with Gasteiger partial charge in [0.15, 0.2) is 0 Å². The summed E-state index contributed by atoms with van der Waals surface area (Å²) in [5.41, 5.74) is 7.89. The van der Waals surface area contributed by atoms with E-state index in [-0.39, 0.29) is 0 Å². The molecule has 0 radical (unpaired) electrons. The standard InChI is InChI=1S/C34H38N2O3/c1-4-5-21-38-22-23-39-32-15-10-27(11-16-32)29-12-17-34(37-3)30(24-29)7-6-19-36-31-13-8-28(9-14-31)33-25-35-20-18-26(33)2/h6-18,20,24-25,36H,4-5,19,21-23H2,1-3H3/b7-6+. The largest absolute Gasteiger partial charge is 0.496 e. The van der Waals surface area contributed by atoms with Gasteiger partial charge in [-0.2, -0.15) is 0 Å². The average molecular weight is 523 g/mol. The van der Waals surface area contributed by atoms with Crippen molar-refractivity contribution in [2.75, 3.05) is 38.8 Å². The number of unbranched alkanes of at least 4 members (excludes halogenated alkanes) is 1. The maximum atomic E-state index is 5.81. The van der Waals surface area contributed by atoms with Crippen molar-refractivity contribution in [3.63, 3.8) is 0 Å². The molecule has 5 heteroatoms. The molecular formula is C34H38N2O3. The van der Waals surface area contributed by atoms with Crippen LogP contribution in [0.2, 0.25) is 0 Å². The predicted octanol–water partition coefficient (Wildman–Crippen LogP) is 8.05. The third-order valence-corrected chi connectivity index (χ3v) is 6.51. The molecule has 0 amide bonds. The van der Waals surface area contributed by atoms with Crippen LogP contribution in [0.25, 0.3) is 28.3 Å². The molecule has 3 aromatic carbocycles. The summed E-state index contributed by atoms with van der Waals surface area (Å²) < 4.78 is 17.0.